The zero-order valence-electron chi connectivity index (χ0n) is 20.9. The topological polar surface area (TPSA) is 142 Å². The maximum Gasteiger partial charge on any atom is 0.373 e. The van der Waals surface area contributed by atoms with Crippen molar-refractivity contribution in [2.45, 2.75) is 25.3 Å². The average molecular weight is 508 g/mol. The average Bonchev–Trinajstić information content (AvgIpc) is 3.36. The first-order valence-electron chi connectivity index (χ1n) is 11.4. The van der Waals surface area contributed by atoms with Crippen LogP contribution in [0.15, 0.2) is 70.1 Å². The first-order valence-corrected chi connectivity index (χ1v) is 11.4. The second kappa shape index (κ2) is 12.9. The van der Waals surface area contributed by atoms with E-state index in [-0.39, 0.29) is 42.5 Å². The van der Waals surface area contributed by atoms with E-state index < -0.39 is 17.9 Å². The minimum Gasteiger partial charge on any atom is -0.493 e. The first kappa shape index (κ1) is 27.0. The van der Waals surface area contributed by atoms with Crippen molar-refractivity contribution in [3.05, 3.63) is 83.3 Å². The van der Waals surface area contributed by atoms with Gasteiger partial charge in [-0.05, 0) is 35.4 Å². The zero-order valence-corrected chi connectivity index (χ0v) is 20.9. The van der Waals surface area contributed by atoms with Gasteiger partial charge in [-0.2, -0.15) is 0 Å². The molecule has 0 radical (unpaired) electrons. The highest BCUT2D eigenvalue weighted by Gasteiger charge is 2.22. The minimum absolute atomic E-state index is 0.00431. The number of nitrogens with zero attached hydrogens (tertiary/aromatic N) is 1. The number of hydrogen-bond donors (Lipinski definition) is 2. The number of esters is 1. The van der Waals surface area contributed by atoms with Gasteiger partial charge in [-0.3, -0.25) is 14.9 Å². The van der Waals surface area contributed by atoms with Crippen molar-refractivity contribution >= 4 is 23.6 Å². The number of benzene rings is 2. The van der Waals surface area contributed by atoms with Crippen molar-refractivity contribution in [2.75, 3.05) is 21.3 Å². The highest BCUT2D eigenvalue weighted by molar-refractivity contribution is 5.98. The van der Waals surface area contributed by atoms with E-state index in [1.807, 2.05) is 30.3 Å². The Morgan fingerprint density at radius 3 is 2.32 bits per heavy atom. The molecule has 0 fully saturated rings. The summed E-state index contributed by atoms with van der Waals surface area (Å²) >= 11 is 0. The number of aliphatic imine (C=N–C) groups is 1. The second-order valence-electron chi connectivity index (χ2n) is 8.03. The molecular weight excluding hydrogens is 478 g/mol. The number of carbonyl (C=O) groups is 3. The molecule has 3 rings (SSSR count). The van der Waals surface area contributed by atoms with Gasteiger partial charge in [-0.25, -0.2) is 9.79 Å². The lowest BCUT2D eigenvalue weighted by Gasteiger charge is -2.13. The Bertz CT molecular complexity index is 1270. The summed E-state index contributed by atoms with van der Waals surface area (Å²) in [5.41, 5.74) is 7.56. The SMILES string of the molecule is COC(=O)c1ccc(CC(=O)[C@@H](Cc2ccccc2)N=C(N)NC(=O)Cc2ccc(OC)c(OC)c2)o1. The molecule has 37 heavy (non-hydrogen) atoms. The molecule has 0 bridgehead atoms. The molecule has 0 spiro atoms. The molecule has 1 amide bonds. The molecule has 10 nitrogen and oxygen atoms in total. The van der Waals surface area contributed by atoms with Crippen molar-refractivity contribution in [1.82, 2.24) is 5.32 Å². The van der Waals surface area contributed by atoms with Gasteiger partial charge in [0.15, 0.2) is 23.2 Å². The number of methoxy groups -OCH3 is 3. The van der Waals surface area contributed by atoms with Crippen LogP contribution in [-0.4, -0.2) is 51.0 Å². The number of nitrogens with one attached hydrogen (secondary N) is 1. The van der Waals surface area contributed by atoms with Crippen LogP contribution in [0.4, 0.5) is 0 Å². The third kappa shape index (κ3) is 7.69. The maximum absolute atomic E-state index is 13.1. The van der Waals surface area contributed by atoms with E-state index >= 15 is 0 Å². The molecular formula is C27H29N3O7. The summed E-state index contributed by atoms with van der Waals surface area (Å²) in [6, 6.07) is 16.5. The van der Waals surface area contributed by atoms with Crippen LogP contribution in [-0.2, 0) is 33.6 Å². The zero-order chi connectivity index (χ0) is 26.8. The Balaban J connectivity index is 1.73. The highest BCUT2D eigenvalue weighted by atomic mass is 16.5. The maximum atomic E-state index is 13.1. The number of furan rings is 1. The van der Waals surface area contributed by atoms with Gasteiger partial charge in [0, 0.05) is 6.42 Å². The van der Waals surface area contributed by atoms with E-state index in [2.05, 4.69) is 15.0 Å². The number of nitrogens with two attached hydrogens (primary N) is 1. The molecule has 0 aliphatic rings. The van der Waals surface area contributed by atoms with Crippen LogP contribution in [0.3, 0.4) is 0 Å². The lowest BCUT2D eigenvalue weighted by Crippen LogP contribution is -2.40. The number of amides is 1. The second-order valence-corrected chi connectivity index (χ2v) is 8.03. The number of guanidine groups is 1. The summed E-state index contributed by atoms with van der Waals surface area (Å²) in [5, 5.41) is 2.54. The molecule has 1 heterocycles. The van der Waals surface area contributed by atoms with E-state index in [1.165, 1.54) is 33.5 Å². The third-order valence-electron chi connectivity index (χ3n) is 5.42. The van der Waals surface area contributed by atoms with E-state index in [1.54, 1.807) is 18.2 Å². The predicted octanol–water partition coefficient (Wildman–Crippen LogP) is 2.48. The van der Waals surface area contributed by atoms with Crippen LogP contribution in [0, 0.1) is 0 Å². The quantitative estimate of drug-likeness (QED) is 0.229. The number of ketones is 1. The van der Waals surface area contributed by atoms with Gasteiger partial charge in [-0.15, -0.1) is 0 Å². The van der Waals surface area contributed by atoms with Gasteiger partial charge < -0.3 is 24.4 Å². The Labute approximate surface area is 214 Å². The Kier molecular flexibility index (Phi) is 9.42. The van der Waals surface area contributed by atoms with Gasteiger partial charge in [0.05, 0.1) is 34.2 Å². The highest BCUT2D eigenvalue weighted by Crippen LogP contribution is 2.27. The van der Waals surface area contributed by atoms with Crippen LogP contribution in [0.1, 0.15) is 27.4 Å². The minimum atomic E-state index is -0.893. The van der Waals surface area contributed by atoms with Crippen LogP contribution in [0.2, 0.25) is 0 Å². The van der Waals surface area contributed by atoms with E-state index in [0.29, 0.717) is 17.1 Å². The summed E-state index contributed by atoms with van der Waals surface area (Å²) < 4.78 is 20.5. The standard InChI is InChI=1S/C27H29N3O7/c1-34-22-11-9-18(14-24(22)35-2)15-25(32)30-27(28)29-20(13-17-7-5-4-6-8-17)21(31)16-19-10-12-23(37-19)26(33)36-3/h4-12,14,20H,13,15-16H2,1-3H3,(H3,28,29,30,32)/t20-/m1/s1. The summed E-state index contributed by atoms with van der Waals surface area (Å²) in [7, 11) is 4.27. The molecule has 0 aliphatic heterocycles. The predicted molar refractivity (Wildman–Crippen MR) is 136 cm³/mol. The number of rotatable bonds is 11. The molecule has 1 atom stereocenters. The van der Waals surface area contributed by atoms with E-state index in [4.69, 9.17) is 19.6 Å². The summed E-state index contributed by atoms with van der Waals surface area (Å²) in [6.07, 6.45) is 0.151. The number of carbonyl (C=O) groups excluding carboxylic acids is 3. The lowest BCUT2D eigenvalue weighted by molar-refractivity contribution is -0.120. The van der Waals surface area contributed by atoms with E-state index in [9.17, 15) is 14.4 Å². The smallest absolute Gasteiger partial charge is 0.373 e. The molecule has 10 heteroatoms. The molecule has 0 saturated carbocycles. The van der Waals surface area contributed by atoms with Crippen LogP contribution in [0.5, 0.6) is 11.5 Å². The molecule has 0 saturated heterocycles. The van der Waals surface area contributed by atoms with Crippen molar-refractivity contribution in [1.29, 1.82) is 0 Å². The molecule has 3 aromatic rings. The Morgan fingerprint density at radius 2 is 1.65 bits per heavy atom. The van der Waals surface area contributed by atoms with Gasteiger partial charge in [0.25, 0.3) is 0 Å². The summed E-state index contributed by atoms with van der Waals surface area (Å²) in [4.78, 5) is 41.7. The normalized spacial score (nSPS) is 11.9. The van der Waals surface area contributed by atoms with Gasteiger partial charge in [0.2, 0.25) is 11.7 Å². The molecule has 194 valence electrons. The monoisotopic (exact) mass is 507 g/mol. The molecule has 0 aliphatic carbocycles. The van der Waals surface area contributed by atoms with Crippen molar-refractivity contribution in [3.8, 4) is 11.5 Å². The van der Waals surface area contributed by atoms with Gasteiger partial charge >= 0.3 is 5.97 Å². The Hall–Kier alpha value is -4.60. The van der Waals surface area contributed by atoms with Crippen molar-refractivity contribution in [3.63, 3.8) is 0 Å². The number of ether oxygens (including phenoxy) is 3. The van der Waals surface area contributed by atoms with Crippen molar-refractivity contribution < 1.29 is 33.0 Å². The van der Waals surface area contributed by atoms with Crippen LogP contribution in [0.25, 0.3) is 0 Å². The molecule has 1 aromatic heterocycles. The molecule has 2 aromatic carbocycles. The summed E-state index contributed by atoms with van der Waals surface area (Å²) in [6.45, 7) is 0. The number of Topliss-reactive ketones (excluding diaryl/α,β-unsaturated/α-hetero) is 1. The van der Waals surface area contributed by atoms with Crippen molar-refractivity contribution in [2.24, 2.45) is 10.7 Å². The third-order valence-corrected chi connectivity index (χ3v) is 5.42. The fourth-order valence-electron chi connectivity index (χ4n) is 3.60. The van der Waals surface area contributed by atoms with Crippen LogP contribution < -0.4 is 20.5 Å². The fourth-order valence-corrected chi connectivity index (χ4v) is 3.60. The molecule has 3 N–H and O–H groups in total. The largest absolute Gasteiger partial charge is 0.493 e. The molecule has 0 unspecified atom stereocenters. The summed E-state index contributed by atoms with van der Waals surface area (Å²) in [5.74, 6) is -0.208. The fraction of sp³-hybridized carbons (Fsp3) is 0.259. The van der Waals surface area contributed by atoms with Crippen LogP contribution >= 0.6 is 0 Å². The number of hydrogen-bond acceptors (Lipinski definition) is 8. The van der Waals surface area contributed by atoms with Gasteiger partial charge in [-0.1, -0.05) is 36.4 Å². The van der Waals surface area contributed by atoms with Gasteiger partial charge in [0.1, 0.15) is 11.8 Å². The Morgan fingerprint density at radius 1 is 0.919 bits per heavy atom. The lowest BCUT2D eigenvalue weighted by atomic mass is 10.0. The first-order chi connectivity index (χ1) is 17.8. The van der Waals surface area contributed by atoms with E-state index in [0.717, 1.165) is 5.56 Å².